The fourth-order valence-corrected chi connectivity index (χ4v) is 1.32. The lowest BCUT2D eigenvalue weighted by Crippen LogP contribution is -2.28. The van der Waals surface area contributed by atoms with E-state index in [4.69, 9.17) is 10.2 Å². The fourth-order valence-electron chi connectivity index (χ4n) is 1.32. The van der Waals surface area contributed by atoms with Crippen molar-refractivity contribution in [2.75, 3.05) is 13.1 Å². The van der Waals surface area contributed by atoms with Crippen LogP contribution in [0.15, 0.2) is 0 Å². The molecular formula is C10H19NO4. The van der Waals surface area contributed by atoms with Gasteiger partial charge < -0.3 is 15.5 Å². The van der Waals surface area contributed by atoms with Crippen LogP contribution in [-0.2, 0) is 9.59 Å². The zero-order valence-corrected chi connectivity index (χ0v) is 9.19. The van der Waals surface area contributed by atoms with Crippen LogP contribution in [0.2, 0.25) is 0 Å². The molecule has 0 radical (unpaired) electrons. The lowest BCUT2D eigenvalue weighted by molar-refractivity contribution is -0.138. The predicted octanol–water partition coefficient (Wildman–Crippen LogP) is 0.798. The third-order valence-corrected chi connectivity index (χ3v) is 2.03. The van der Waals surface area contributed by atoms with Crippen LogP contribution in [0.25, 0.3) is 0 Å². The summed E-state index contributed by atoms with van der Waals surface area (Å²) in [5, 5.41) is 20.1. The number of carbonyl (C=O) groups is 2. The summed E-state index contributed by atoms with van der Waals surface area (Å²) in [4.78, 5) is 20.7. The summed E-state index contributed by atoms with van der Waals surface area (Å²) in [6, 6.07) is 0. The lowest BCUT2D eigenvalue weighted by Gasteiger charge is -2.13. The molecule has 0 aliphatic rings. The largest absolute Gasteiger partial charge is 0.481 e. The highest BCUT2D eigenvalue weighted by atomic mass is 16.4. The SMILES string of the molecule is CC(CNCC(C)CC(=O)O)CC(=O)O. The van der Waals surface area contributed by atoms with E-state index < -0.39 is 11.9 Å². The summed E-state index contributed by atoms with van der Waals surface area (Å²) in [5.41, 5.74) is 0. The molecule has 3 N–H and O–H groups in total. The Kier molecular flexibility index (Phi) is 6.70. The first-order valence-corrected chi connectivity index (χ1v) is 5.06. The van der Waals surface area contributed by atoms with Crippen LogP contribution in [0.5, 0.6) is 0 Å². The maximum atomic E-state index is 10.3. The third-order valence-electron chi connectivity index (χ3n) is 2.03. The van der Waals surface area contributed by atoms with Crippen molar-refractivity contribution in [3.8, 4) is 0 Å². The van der Waals surface area contributed by atoms with Gasteiger partial charge in [-0.05, 0) is 24.9 Å². The Labute approximate surface area is 89.5 Å². The van der Waals surface area contributed by atoms with E-state index in [1.54, 1.807) is 0 Å². The average molecular weight is 217 g/mol. The van der Waals surface area contributed by atoms with E-state index in [1.165, 1.54) is 0 Å². The number of nitrogens with one attached hydrogen (secondary N) is 1. The molecule has 0 aromatic carbocycles. The van der Waals surface area contributed by atoms with Crippen LogP contribution in [0.4, 0.5) is 0 Å². The van der Waals surface area contributed by atoms with Gasteiger partial charge in [0.2, 0.25) is 0 Å². The monoisotopic (exact) mass is 217 g/mol. The number of hydrogen-bond donors (Lipinski definition) is 3. The van der Waals surface area contributed by atoms with Crippen molar-refractivity contribution < 1.29 is 19.8 Å². The Balaban J connectivity index is 3.52. The zero-order valence-electron chi connectivity index (χ0n) is 9.19. The molecule has 5 heteroatoms. The van der Waals surface area contributed by atoms with Crippen LogP contribution in [0.1, 0.15) is 26.7 Å². The first-order valence-electron chi connectivity index (χ1n) is 5.06. The minimum absolute atomic E-state index is 0.0690. The van der Waals surface area contributed by atoms with E-state index in [0.29, 0.717) is 13.1 Å². The maximum Gasteiger partial charge on any atom is 0.303 e. The van der Waals surface area contributed by atoms with E-state index in [9.17, 15) is 9.59 Å². The van der Waals surface area contributed by atoms with E-state index in [0.717, 1.165) is 0 Å². The third kappa shape index (κ3) is 9.21. The summed E-state index contributed by atoms with van der Waals surface area (Å²) >= 11 is 0. The molecule has 0 saturated carbocycles. The molecule has 0 aromatic rings. The van der Waals surface area contributed by atoms with Crippen molar-refractivity contribution in [1.29, 1.82) is 0 Å². The van der Waals surface area contributed by atoms with Gasteiger partial charge in [-0.2, -0.15) is 0 Å². The van der Waals surface area contributed by atoms with Crippen LogP contribution in [-0.4, -0.2) is 35.2 Å². The van der Waals surface area contributed by atoms with E-state index in [1.807, 2.05) is 13.8 Å². The first-order chi connectivity index (χ1) is 6.91. The van der Waals surface area contributed by atoms with Gasteiger partial charge in [-0.25, -0.2) is 0 Å². The molecule has 0 fully saturated rings. The van der Waals surface area contributed by atoms with Crippen molar-refractivity contribution in [2.24, 2.45) is 11.8 Å². The molecular weight excluding hydrogens is 198 g/mol. The van der Waals surface area contributed by atoms with E-state index in [2.05, 4.69) is 5.32 Å². The van der Waals surface area contributed by atoms with Crippen molar-refractivity contribution >= 4 is 11.9 Å². The summed E-state index contributed by atoms with van der Waals surface area (Å²) in [6.45, 7) is 4.92. The quantitative estimate of drug-likeness (QED) is 0.559. The first kappa shape index (κ1) is 13.9. The molecule has 0 spiro atoms. The lowest BCUT2D eigenvalue weighted by atomic mass is 10.1. The highest BCUT2D eigenvalue weighted by Crippen LogP contribution is 2.02. The topological polar surface area (TPSA) is 86.6 Å². The Hall–Kier alpha value is -1.10. The predicted molar refractivity (Wildman–Crippen MR) is 55.7 cm³/mol. The molecule has 15 heavy (non-hydrogen) atoms. The molecule has 88 valence electrons. The second-order valence-corrected chi connectivity index (χ2v) is 4.06. The maximum absolute atomic E-state index is 10.3. The molecule has 0 saturated heterocycles. The number of rotatable bonds is 8. The van der Waals surface area contributed by atoms with Gasteiger partial charge in [-0.3, -0.25) is 9.59 Å². The molecule has 0 rings (SSSR count). The minimum Gasteiger partial charge on any atom is -0.481 e. The Morgan fingerprint density at radius 2 is 1.33 bits per heavy atom. The van der Waals surface area contributed by atoms with Gasteiger partial charge in [0.15, 0.2) is 0 Å². The normalized spacial score (nSPS) is 14.5. The standard InChI is InChI=1S/C10H19NO4/c1-7(3-9(12)13)5-11-6-8(2)4-10(14)15/h7-8,11H,3-6H2,1-2H3,(H,12,13)(H,14,15). The molecule has 0 aliphatic heterocycles. The van der Waals surface area contributed by atoms with Crippen molar-refractivity contribution in [2.45, 2.75) is 26.7 Å². The molecule has 0 aromatic heterocycles. The number of aliphatic carboxylic acids is 2. The highest BCUT2D eigenvalue weighted by molar-refractivity contribution is 5.67. The van der Waals surface area contributed by atoms with Gasteiger partial charge in [0.25, 0.3) is 0 Å². The fraction of sp³-hybridized carbons (Fsp3) is 0.800. The van der Waals surface area contributed by atoms with Crippen LogP contribution in [0.3, 0.4) is 0 Å². The van der Waals surface area contributed by atoms with Crippen LogP contribution < -0.4 is 5.32 Å². The summed E-state index contributed by atoms with van der Waals surface area (Å²) < 4.78 is 0. The van der Waals surface area contributed by atoms with Gasteiger partial charge >= 0.3 is 11.9 Å². The van der Waals surface area contributed by atoms with Crippen LogP contribution >= 0.6 is 0 Å². The number of hydrogen-bond acceptors (Lipinski definition) is 3. The van der Waals surface area contributed by atoms with Gasteiger partial charge in [0.05, 0.1) is 0 Å². The molecule has 2 atom stereocenters. The summed E-state index contributed by atoms with van der Waals surface area (Å²) in [6.07, 6.45) is 0.278. The van der Waals surface area contributed by atoms with Crippen molar-refractivity contribution in [1.82, 2.24) is 5.32 Å². The molecule has 0 bridgehead atoms. The van der Waals surface area contributed by atoms with E-state index in [-0.39, 0.29) is 24.7 Å². The second kappa shape index (κ2) is 7.23. The minimum atomic E-state index is -0.803. The van der Waals surface area contributed by atoms with Crippen molar-refractivity contribution in [3.63, 3.8) is 0 Å². The Morgan fingerprint density at radius 3 is 1.60 bits per heavy atom. The highest BCUT2D eigenvalue weighted by Gasteiger charge is 2.09. The molecule has 5 nitrogen and oxygen atoms in total. The molecule has 0 amide bonds. The molecule has 0 heterocycles. The summed E-state index contributed by atoms with van der Waals surface area (Å²) in [5.74, 6) is -1.47. The Bertz CT molecular complexity index is 195. The molecule has 0 aliphatic carbocycles. The van der Waals surface area contributed by atoms with Gasteiger partial charge in [-0.15, -0.1) is 0 Å². The summed E-state index contributed by atoms with van der Waals surface area (Å²) in [7, 11) is 0. The smallest absolute Gasteiger partial charge is 0.303 e. The van der Waals surface area contributed by atoms with Gasteiger partial charge in [0, 0.05) is 12.8 Å². The second-order valence-electron chi connectivity index (χ2n) is 4.06. The van der Waals surface area contributed by atoms with Gasteiger partial charge in [-0.1, -0.05) is 13.8 Å². The Morgan fingerprint density at radius 1 is 1.00 bits per heavy atom. The number of carboxylic acid groups (broad SMARTS) is 2. The van der Waals surface area contributed by atoms with Gasteiger partial charge in [0.1, 0.15) is 0 Å². The van der Waals surface area contributed by atoms with E-state index >= 15 is 0 Å². The average Bonchev–Trinajstić information content (AvgIpc) is 2.00. The molecule has 2 unspecified atom stereocenters. The van der Waals surface area contributed by atoms with Crippen LogP contribution in [0, 0.1) is 11.8 Å². The number of carboxylic acids is 2. The zero-order chi connectivity index (χ0) is 11.8. The van der Waals surface area contributed by atoms with Crippen molar-refractivity contribution in [3.05, 3.63) is 0 Å².